The van der Waals surface area contributed by atoms with E-state index in [0.29, 0.717) is 13.0 Å². The number of nitrogens with one attached hydrogen (secondary N) is 2. The molecular weight excluding hydrogens is 252 g/mol. The van der Waals surface area contributed by atoms with Crippen LogP contribution in [0.3, 0.4) is 0 Å². The number of aliphatic hydroxyl groups excluding tert-OH is 1. The second kappa shape index (κ2) is 7.73. The first-order valence-corrected chi connectivity index (χ1v) is 6.09. The molecule has 1 atom stereocenters. The summed E-state index contributed by atoms with van der Waals surface area (Å²) in [6.45, 7) is 5.05. The predicted molar refractivity (Wildman–Crippen MR) is 68.4 cm³/mol. The summed E-state index contributed by atoms with van der Waals surface area (Å²) in [6.07, 6.45) is 0.500. The van der Waals surface area contributed by atoms with Gasteiger partial charge >= 0.3 is 5.97 Å². The number of amides is 2. The summed E-state index contributed by atoms with van der Waals surface area (Å²) < 4.78 is 0. The lowest BCUT2D eigenvalue weighted by Crippen LogP contribution is -2.43. The Hall–Kier alpha value is -1.63. The molecule has 2 amide bonds. The van der Waals surface area contributed by atoms with Gasteiger partial charge in [-0.25, -0.2) is 4.79 Å². The van der Waals surface area contributed by atoms with Gasteiger partial charge in [-0.1, -0.05) is 20.8 Å². The number of aliphatic hydroxyl groups is 1. The number of carbonyl (C=O) groups is 3. The molecule has 0 radical (unpaired) electrons. The van der Waals surface area contributed by atoms with Crippen molar-refractivity contribution in [1.29, 1.82) is 0 Å². The molecule has 4 N–H and O–H groups in total. The molecule has 0 aromatic rings. The van der Waals surface area contributed by atoms with Crippen LogP contribution in [0, 0.1) is 5.41 Å². The Labute approximate surface area is 112 Å². The highest BCUT2D eigenvalue weighted by atomic mass is 16.4. The molecule has 0 saturated carbocycles. The van der Waals surface area contributed by atoms with Crippen molar-refractivity contribution in [2.45, 2.75) is 39.7 Å². The van der Waals surface area contributed by atoms with E-state index in [1.54, 1.807) is 20.8 Å². The van der Waals surface area contributed by atoms with Gasteiger partial charge in [0.05, 0.1) is 6.61 Å². The van der Waals surface area contributed by atoms with Crippen molar-refractivity contribution in [3.05, 3.63) is 0 Å². The first-order valence-electron chi connectivity index (χ1n) is 6.09. The molecule has 0 fully saturated rings. The topological polar surface area (TPSA) is 116 Å². The molecule has 0 rings (SSSR count). The lowest BCUT2D eigenvalue weighted by molar-refractivity contribution is -0.142. The number of hydrogen-bond acceptors (Lipinski definition) is 4. The molecule has 0 aliphatic carbocycles. The number of carboxylic acids is 1. The second-order valence-corrected chi connectivity index (χ2v) is 5.25. The molecule has 0 heterocycles. The first kappa shape index (κ1) is 17.4. The van der Waals surface area contributed by atoms with Crippen molar-refractivity contribution in [3.8, 4) is 0 Å². The highest BCUT2D eigenvalue weighted by Gasteiger charge is 2.21. The SMILES string of the molecule is CC(C)(C)C(=O)NCCCC(=O)N[C@@H](CO)C(=O)O. The monoisotopic (exact) mass is 274 g/mol. The fourth-order valence-electron chi connectivity index (χ4n) is 1.17. The third kappa shape index (κ3) is 7.40. The van der Waals surface area contributed by atoms with E-state index in [2.05, 4.69) is 10.6 Å². The number of carboxylic acid groups (broad SMARTS) is 1. The summed E-state index contributed by atoms with van der Waals surface area (Å²) in [7, 11) is 0. The molecule has 0 aliphatic heterocycles. The van der Waals surface area contributed by atoms with Crippen LogP contribution in [0.1, 0.15) is 33.6 Å². The van der Waals surface area contributed by atoms with Crippen LogP contribution in [0.25, 0.3) is 0 Å². The van der Waals surface area contributed by atoms with Crippen LogP contribution in [-0.4, -0.2) is 47.2 Å². The maximum atomic E-state index is 11.5. The van der Waals surface area contributed by atoms with Gasteiger partial charge in [-0.15, -0.1) is 0 Å². The van der Waals surface area contributed by atoms with Crippen molar-refractivity contribution < 1.29 is 24.6 Å². The molecule has 0 aromatic carbocycles. The molecule has 0 unspecified atom stereocenters. The fourth-order valence-corrected chi connectivity index (χ4v) is 1.17. The van der Waals surface area contributed by atoms with E-state index in [9.17, 15) is 14.4 Å². The van der Waals surface area contributed by atoms with Crippen molar-refractivity contribution in [1.82, 2.24) is 10.6 Å². The van der Waals surface area contributed by atoms with Crippen molar-refractivity contribution in [2.24, 2.45) is 5.41 Å². The minimum atomic E-state index is -1.28. The van der Waals surface area contributed by atoms with Gasteiger partial charge < -0.3 is 20.8 Å². The Morgan fingerprint density at radius 1 is 1.21 bits per heavy atom. The van der Waals surface area contributed by atoms with Crippen LogP contribution >= 0.6 is 0 Å². The van der Waals surface area contributed by atoms with Crippen LogP contribution in [0.4, 0.5) is 0 Å². The van der Waals surface area contributed by atoms with E-state index in [1.807, 2.05) is 0 Å². The maximum absolute atomic E-state index is 11.5. The zero-order valence-corrected chi connectivity index (χ0v) is 11.5. The summed E-state index contributed by atoms with van der Waals surface area (Å²) in [6, 6.07) is -1.28. The largest absolute Gasteiger partial charge is 0.480 e. The molecule has 0 bridgehead atoms. The van der Waals surface area contributed by atoms with Crippen molar-refractivity contribution >= 4 is 17.8 Å². The Bertz CT molecular complexity index is 336. The van der Waals surface area contributed by atoms with E-state index in [4.69, 9.17) is 10.2 Å². The average Bonchev–Trinajstić information content (AvgIpc) is 2.29. The molecule has 0 aliphatic rings. The number of hydrogen-bond donors (Lipinski definition) is 4. The van der Waals surface area contributed by atoms with Crippen LogP contribution in [-0.2, 0) is 14.4 Å². The van der Waals surface area contributed by atoms with E-state index in [-0.39, 0.29) is 12.3 Å². The lowest BCUT2D eigenvalue weighted by Gasteiger charge is -2.17. The smallest absolute Gasteiger partial charge is 0.328 e. The Balaban J connectivity index is 3.87. The van der Waals surface area contributed by atoms with Gasteiger partial charge in [0.1, 0.15) is 6.04 Å². The summed E-state index contributed by atoms with van der Waals surface area (Å²) in [5.74, 6) is -1.85. The third-order valence-electron chi connectivity index (χ3n) is 2.36. The quantitative estimate of drug-likeness (QED) is 0.467. The highest BCUT2D eigenvalue weighted by molar-refractivity contribution is 5.83. The van der Waals surface area contributed by atoms with Gasteiger partial charge in [0.2, 0.25) is 11.8 Å². The summed E-state index contributed by atoms with van der Waals surface area (Å²) in [4.78, 5) is 33.4. The Morgan fingerprint density at radius 3 is 2.21 bits per heavy atom. The minimum Gasteiger partial charge on any atom is -0.480 e. The molecule has 0 spiro atoms. The van der Waals surface area contributed by atoms with E-state index in [0.717, 1.165) is 0 Å². The number of rotatable bonds is 7. The number of carbonyl (C=O) groups excluding carboxylic acids is 2. The zero-order valence-electron chi connectivity index (χ0n) is 11.5. The third-order valence-corrected chi connectivity index (χ3v) is 2.36. The van der Waals surface area contributed by atoms with Gasteiger partial charge in [-0.3, -0.25) is 9.59 Å². The molecule has 110 valence electrons. The molecule has 19 heavy (non-hydrogen) atoms. The van der Waals surface area contributed by atoms with E-state index < -0.39 is 29.9 Å². The van der Waals surface area contributed by atoms with E-state index in [1.165, 1.54) is 0 Å². The molecule has 7 heteroatoms. The van der Waals surface area contributed by atoms with Crippen LogP contribution in [0.5, 0.6) is 0 Å². The van der Waals surface area contributed by atoms with Crippen molar-refractivity contribution in [2.75, 3.05) is 13.2 Å². The number of aliphatic carboxylic acids is 1. The second-order valence-electron chi connectivity index (χ2n) is 5.25. The predicted octanol–water partition coefficient (Wildman–Crippen LogP) is -0.509. The van der Waals surface area contributed by atoms with Crippen molar-refractivity contribution in [3.63, 3.8) is 0 Å². The molecule has 0 aromatic heterocycles. The summed E-state index contributed by atoms with van der Waals surface area (Å²) in [5.41, 5.74) is -0.479. The minimum absolute atomic E-state index is 0.0915. The van der Waals surface area contributed by atoms with Crippen LogP contribution < -0.4 is 10.6 Å². The normalized spacial score (nSPS) is 12.6. The van der Waals surface area contributed by atoms with Crippen LogP contribution in [0.2, 0.25) is 0 Å². The van der Waals surface area contributed by atoms with E-state index >= 15 is 0 Å². The lowest BCUT2D eigenvalue weighted by atomic mass is 9.96. The zero-order chi connectivity index (χ0) is 15.1. The summed E-state index contributed by atoms with van der Waals surface area (Å²) in [5, 5.41) is 22.2. The van der Waals surface area contributed by atoms with Crippen LogP contribution in [0.15, 0.2) is 0 Å². The fraction of sp³-hybridized carbons (Fsp3) is 0.750. The van der Waals surface area contributed by atoms with Gasteiger partial charge in [-0.2, -0.15) is 0 Å². The van der Waals surface area contributed by atoms with Gasteiger partial charge in [-0.05, 0) is 6.42 Å². The Kier molecular flexibility index (Phi) is 7.06. The standard InChI is InChI=1S/C12H22N2O5/c1-12(2,3)11(19)13-6-4-5-9(16)14-8(7-15)10(17)18/h8,15H,4-7H2,1-3H3,(H,13,19)(H,14,16)(H,17,18)/t8-/m0/s1. The van der Waals surface area contributed by atoms with Gasteiger partial charge in [0.15, 0.2) is 0 Å². The average molecular weight is 274 g/mol. The van der Waals surface area contributed by atoms with Gasteiger partial charge in [0, 0.05) is 18.4 Å². The first-order chi connectivity index (χ1) is 8.68. The summed E-state index contributed by atoms with van der Waals surface area (Å²) >= 11 is 0. The molecule has 0 saturated heterocycles. The molecule has 7 nitrogen and oxygen atoms in total. The highest BCUT2D eigenvalue weighted by Crippen LogP contribution is 2.12. The van der Waals surface area contributed by atoms with Gasteiger partial charge in [0.25, 0.3) is 0 Å². The Morgan fingerprint density at radius 2 is 1.79 bits per heavy atom. The maximum Gasteiger partial charge on any atom is 0.328 e. The molecular formula is C12H22N2O5.